The first-order valence-corrected chi connectivity index (χ1v) is 6.67. The Kier molecular flexibility index (Phi) is 3.81. The molecule has 1 aromatic heterocycles. The van der Waals surface area contributed by atoms with Crippen LogP contribution < -0.4 is 5.73 Å². The average Bonchev–Trinajstić information content (AvgIpc) is 2.67. The molecule has 1 heterocycles. The van der Waals surface area contributed by atoms with E-state index < -0.39 is 0 Å². The van der Waals surface area contributed by atoms with Crippen molar-refractivity contribution in [1.82, 2.24) is 10.2 Å². The highest BCUT2D eigenvalue weighted by molar-refractivity contribution is 8.01. The van der Waals surface area contributed by atoms with Gasteiger partial charge in [0.25, 0.3) is 0 Å². The minimum absolute atomic E-state index is 0.473. The highest BCUT2D eigenvalue weighted by Crippen LogP contribution is 2.37. The fourth-order valence-corrected chi connectivity index (χ4v) is 3.44. The number of nitrogens with two attached hydrogens (primary N) is 1. The molecule has 0 bridgehead atoms. The third-order valence-corrected chi connectivity index (χ3v) is 4.47. The van der Waals surface area contributed by atoms with Gasteiger partial charge in [0.15, 0.2) is 4.34 Å². The van der Waals surface area contributed by atoms with Crippen molar-refractivity contribution in [2.24, 2.45) is 5.73 Å². The largest absolute Gasteiger partial charge is 0.326 e. The van der Waals surface area contributed by atoms with Crippen LogP contribution in [0, 0.1) is 6.92 Å². The van der Waals surface area contributed by atoms with Crippen molar-refractivity contribution in [1.29, 1.82) is 0 Å². The van der Waals surface area contributed by atoms with E-state index >= 15 is 0 Å². The quantitative estimate of drug-likeness (QED) is 0.932. The number of hydrogen-bond acceptors (Lipinski definition) is 5. The van der Waals surface area contributed by atoms with E-state index in [1.54, 1.807) is 11.3 Å². The van der Waals surface area contributed by atoms with E-state index in [1.807, 2.05) is 25.1 Å². The molecular formula is C10H10ClN3S2. The number of nitrogens with zero attached hydrogens (tertiary/aromatic N) is 2. The van der Waals surface area contributed by atoms with Crippen LogP contribution in [-0.4, -0.2) is 10.2 Å². The van der Waals surface area contributed by atoms with Crippen LogP contribution in [-0.2, 0) is 6.54 Å². The van der Waals surface area contributed by atoms with Gasteiger partial charge < -0.3 is 5.73 Å². The van der Waals surface area contributed by atoms with Crippen molar-refractivity contribution >= 4 is 34.7 Å². The maximum atomic E-state index is 6.14. The zero-order valence-electron chi connectivity index (χ0n) is 8.61. The van der Waals surface area contributed by atoms with Gasteiger partial charge in [0.1, 0.15) is 5.01 Å². The van der Waals surface area contributed by atoms with Crippen LogP contribution in [0.3, 0.4) is 0 Å². The number of halogens is 1. The second-order valence-electron chi connectivity index (χ2n) is 3.12. The molecule has 0 aliphatic rings. The molecule has 0 spiro atoms. The van der Waals surface area contributed by atoms with Gasteiger partial charge in [-0.2, -0.15) is 0 Å². The average molecular weight is 272 g/mol. The van der Waals surface area contributed by atoms with Crippen LogP contribution in [0.4, 0.5) is 0 Å². The van der Waals surface area contributed by atoms with Gasteiger partial charge in [-0.25, -0.2) is 0 Å². The highest BCUT2D eigenvalue weighted by Gasteiger charge is 2.10. The number of aromatic nitrogens is 2. The van der Waals surface area contributed by atoms with Crippen LogP contribution in [0.5, 0.6) is 0 Å². The molecule has 84 valence electrons. The summed E-state index contributed by atoms with van der Waals surface area (Å²) in [6.07, 6.45) is 0. The maximum absolute atomic E-state index is 6.14. The van der Waals surface area contributed by atoms with Gasteiger partial charge in [0.05, 0.1) is 5.02 Å². The van der Waals surface area contributed by atoms with Crippen molar-refractivity contribution in [3.8, 4) is 0 Å². The van der Waals surface area contributed by atoms with Crippen LogP contribution in [0.25, 0.3) is 0 Å². The lowest BCUT2D eigenvalue weighted by atomic mass is 10.2. The summed E-state index contributed by atoms with van der Waals surface area (Å²) in [5, 5.41) is 9.69. The first-order valence-electron chi connectivity index (χ1n) is 4.66. The standard InChI is InChI=1S/C10H10ClN3S2/c1-6-13-14-10(15-6)16-9-7(5-12)3-2-4-8(9)11/h2-4H,5,12H2,1H3. The summed E-state index contributed by atoms with van der Waals surface area (Å²) in [4.78, 5) is 0.975. The lowest BCUT2D eigenvalue weighted by Gasteiger charge is -2.06. The van der Waals surface area contributed by atoms with Crippen molar-refractivity contribution in [2.45, 2.75) is 22.7 Å². The summed E-state index contributed by atoms with van der Waals surface area (Å²) in [6, 6.07) is 5.74. The smallest absolute Gasteiger partial charge is 0.179 e. The Hall–Kier alpha value is -0.620. The molecule has 1 aromatic carbocycles. The Balaban J connectivity index is 2.33. The molecule has 0 radical (unpaired) electrons. The molecule has 0 aliphatic carbocycles. The lowest BCUT2D eigenvalue weighted by Crippen LogP contribution is -1.98. The summed E-state index contributed by atoms with van der Waals surface area (Å²) >= 11 is 9.22. The molecule has 0 atom stereocenters. The molecule has 0 fully saturated rings. The summed E-state index contributed by atoms with van der Waals surface area (Å²) in [5.74, 6) is 0. The number of hydrogen-bond donors (Lipinski definition) is 1. The van der Waals surface area contributed by atoms with E-state index in [-0.39, 0.29) is 0 Å². The predicted molar refractivity (Wildman–Crippen MR) is 68.1 cm³/mol. The summed E-state index contributed by atoms with van der Waals surface area (Å²) in [6.45, 7) is 2.40. The molecule has 2 N–H and O–H groups in total. The van der Waals surface area contributed by atoms with E-state index in [0.29, 0.717) is 11.6 Å². The Bertz CT molecular complexity index is 499. The van der Waals surface area contributed by atoms with E-state index in [4.69, 9.17) is 17.3 Å². The predicted octanol–water partition coefficient (Wildman–Crippen LogP) is 3.11. The zero-order chi connectivity index (χ0) is 11.5. The van der Waals surface area contributed by atoms with Gasteiger partial charge in [0, 0.05) is 11.4 Å². The minimum atomic E-state index is 0.473. The van der Waals surface area contributed by atoms with Gasteiger partial charge in [-0.05, 0) is 18.6 Å². The van der Waals surface area contributed by atoms with Crippen LogP contribution in [0.2, 0.25) is 5.02 Å². The second kappa shape index (κ2) is 5.14. The minimum Gasteiger partial charge on any atom is -0.326 e. The molecule has 0 aliphatic heterocycles. The third-order valence-electron chi connectivity index (χ3n) is 1.97. The molecular weight excluding hydrogens is 262 g/mol. The highest BCUT2D eigenvalue weighted by atomic mass is 35.5. The molecule has 0 saturated carbocycles. The fourth-order valence-electron chi connectivity index (χ4n) is 1.24. The van der Waals surface area contributed by atoms with Crippen molar-refractivity contribution in [3.63, 3.8) is 0 Å². The van der Waals surface area contributed by atoms with Crippen molar-refractivity contribution in [3.05, 3.63) is 33.8 Å². The van der Waals surface area contributed by atoms with Crippen molar-refractivity contribution < 1.29 is 0 Å². The number of benzene rings is 1. The van der Waals surface area contributed by atoms with Gasteiger partial charge in [-0.1, -0.05) is 46.8 Å². The molecule has 0 unspecified atom stereocenters. The summed E-state index contributed by atoms with van der Waals surface area (Å²) in [7, 11) is 0. The Labute approximate surface area is 107 Å². The number of rotatable bonds is 3. The first-order chi connectivity index (χ1) is 7.70. The van der Waals surface area contributed by atoms with Gasteiger partial charge in [-0.15, -0.1) is 10.2 Å². The van der Waals surface area contributed by atoms with E-state index in [2.05, 4.69) is 10.2 Å². The molecule has 0 saturated heterocycles. The van der Waals surface area contributed by atoms with Crippen LogP contribution >= 0.6 is 34.7 Å². The second-order valence-corrected chi connectivity index (χ2v) is 5.97. The fraction of sp³-hybridized carbons (Fsp3) is 0.200. The lowest BCUT2D eigenvalue weighted by molar-refractivity contribution is 0.979. The van der Waals surface area contributed by atoms with Crippen LogP contribution in [0.1, 0.15) is 10.6 Å². The van der Waals surface area contributed by atoms with Gasteiger partial charge in [-0.3, -0.25) is 0 Å². The van der Waals surface area contributed by atoms with Gasteiger partial charge >= 0.3 is 0 Å². The third kappa shape index (κ3) is 2.55. The Morgan fingerprint density at radius 2 is 2.25 bits per heavy atom. The van der Waals surface area contributed by atoms with Crippen LogP contribution in [0.15, 0.2) is 27.4 Å². The normalized spacial score (nSPS) is 10.7. The number of aryl methyl sites for hydroxylation is 1. The first kappa shape index (κ1) is 11.9. The molecule has 2 aromatic rings. The molecule has 16 heavy (non-hydrogen) atoms. The Morgan fingerprint density at radius 1 is 1.44 bits per heavy atom. The molecule has 3 nitrogen and oxygen atoms in total. The Morgan fingerprint density at radius 3 is 2.88 bits per heavy atom. The summed E-state index contributed by atoms with van der Waals surface area (Å²) < 4.78 is 0.889. The SMILES string of the molecule is Cc1nnc(Sc2c(Cl)cccc2CN)s1. The van der Waals surface area contributed by atoms with E-state index in [0.717, 1.165) is 19.8 Å². The van der Waals surface area contributed by atoms with E-state index in [9.17, 15) is 0 Å². The monoisotopic (exact) mass is 271 g/mol. The topological polar surface area (TPSA) is 51.8 Å². The summed E-state index contributed by atoms with van der Waals surface area (Å²) in [5.41, 5.74) is 6.71. The van der Waals surface area contributed by atoms with Crippen molar-refractivity contribution in [2.75, 3.05) is 0 Å². The van der Waals surface area contributed by atoms with Gasteiger partial charge in [0.2, 0.25) is 0 Å². The van der Waals surface area contributed by atoms with E-state index in [1.165, 1.54) is 11.8 Å². The molecule has 0 amide bonds. The zero-order valence-corrected chi connectivity index (χ0v) is 11.0. The molecule has 6 heteroatoms. The maximum Gasteiger partial charge on any atom is 0.179 e. The molecule has 2 rings (SSSR count).